The van der Waals surface area contributed by atoms with Crippen molar-refractivity contribution < 1.29 is 0 Å². The molecule has 20 heavy (non-hydrogen) atoms. The van der Waals surface area contributed by atoms with Gasteiger partial charge < -0.3 is 5.32 Å². The van der Waals surface area contributed by atoms with Crippen molar-refractivity contribution in [3.05, 3.63) is 46.5 Å². The molecule has 1 N–H and O–H groups in total. The maximum absolute atomic E-state index is 6.46. The molecule has 0 aliphatic heterocycles. The van der Waals surface area contributed by atoms with E-state index in [1.54, 1.807) is 6.33 Å². The number of nitrogens with one attached hydrogen (secondary N) is 1. The molecule has 1 aromatic carbocycles. The predicted molar refractivity (Wildman–Crippen MR) is 81.9 cm³/mol. The molecule has 108 valence electrons. The summed E-state index contributed by atoms with van der Waals surface area (Å²) in [4.78, 5) is 4.31. The average Bonchev–Trinajstić information content (AvgIpc) is 2.83. The molecule has 0 fully saturated rings. The molecule has 5 heteroatoms. The molecule has 2 aromatic rings. The number of rotatable bonds is 6. The van der Waals surface area contributed by atoms with Gasteiger partial charge in [-0.25, -0.2) is 4.98 Å². The van der Waals surface area contributed by atoms with Gasteiger partial charge in [0, 0.05) is 24.5 Å². The first-order chi connectivity index (χ1) is 9.63. The Hall–Kier alpha value is -1.39. The first kappa shape index (κ1) is 15.0. The minimum Gasteiger partial charge on any atom is -0.310 e. The maximum atomic E-state index is 6.46. The second kappa shape index (κ2) is 6.86. The van der Waals surface area contributed by atoms with Crippen molar-refractivity contribution in [1.29, 1.82) is 0 Å². The zero-order valence-corrected chi connectivity index (χ0v) is 13.0. The Labute approximate surface area is 125 Å². The summed E-state index contributed by atoms with van der Waals surface area (Å²) in [5.41, 5.74) is 2.23. The largest absolute Gasteiger partial charge is 0.310 e. The van der Waals surface area contributed by atoms with Crippen molar-refractivity contribution in [3.63, 3.8) is 0 Å². The standard InChI is InChI=1S/C15H21ClN4/c1-4-8-17-13(9-14-18-10-19-20(14)3)12-7-5-6-11(2)15(12)16/h5-7,10,13,17H,4,8-9H2,1-3H3. The van der Waals surface area contributed by atoms with Gasteiger partial charge in [-0.1, -0.05) is 36.7 Å². The Bertz CT molecular complexity index is 565. The summed E-state index contributed by atoms with van der Waals surface area (Å²) in [5, 5.41) is 8.52. The van der Waals surface area contributed by atoms with E-state index in [2.05, 4.69) is 28.4 Å². The molecule has 0 amide bonds. The maximum Gasteiger partial charge on any atom is 0.138 e. The lowest BCUT2D eigenvalue weighted by atomic mass is 10.0. The molecule has 0 aliphatic rings. The molecule has 1 unspecified atom stereocenters. The monoisotopic (exact) mass is 292 g/mol. The molecule has 4 nitrogen and oxygen atoms in total. The Morgan fingerprint density at radius 1 is 1.40 bits per heavy atom. The van der Waals surface area contributed by atoms with Gasteiger partial charge in [0.25, 0.3) is 0 Å². The van der Waals surface area contributed by atoms with Crippen LogP contribution in [0.3, 0.4) is 0 Å². The Morgan fingerprint density at radius 2 is 2.20 bits per heavy atom. The zero-order chi connectivity index (χ0) is 14.5. The topological polar surface area (TPSA) is 42.7 Å². The molecular formula is C15H21ClN4. The van der Waals surface area contributed by atoms with E-state index in [0.717, 1.165) is 41.4 Å². The van der Waals surface area contributed by atoms with E-state index < -0.39 is 0 Å². The van der Waals surface area contributed by atoms with Crippen molar-refractivity contribution in [2.24, 2.45) is 7.05 Å². The lowest BCUT2D eigenvalue weighted by Crippen LogP contribution is -2.25. The number of halogens is 1. The van der Waals surface area contributed by atoms with Crippen LogP contribution in [0.4, 0.5) is 0 Å². The van der Waals surface area contributed by atoms with Crippen LogP contribution in [0.2, 0.25) is 5.02 Å². The lowest BCUT2D eigenvalue weighted by molar-refractivity contribution is 0.506. The third-order valence-corrected chi connectivity index (χ3v) is 3.95. The summed E-state index contributed by atoms with van der Waals surface area (Å²) >= 11 is 6.46. The normalized spacial score (nSPS) is 12.6. The van der Waals surface area contributed by atoms with Crippen molar-refractivity contribution in [2.75, 3.05) is 6.54 Å². The van der Waals surface area contributed by atoms with Crippen molar-refractivity contribution >= 4 is 11.6 Å². The number of nitrogens with zero attached hydrogens (tertiary/aromatic N) is 3. The van der Waals surface area contributed by atoms with Crippen LogP contribution in [0.25, 0.3) is 0 Å². The molecule has 0 saturated carbocycles. The van der Waals surface area contributed by atoms with Crippen LogP contribution in [0.15, 0.2) is 24.5 Å². The number of hydrogen-bond acceptors (Lipinski definition) is 3. The molecule has 2 rings (SSSR count). The average molecular weight is 293 g/mol. The summed E-state index contributed by atoms with van der Waals surface area (Å²) in [6.07, 6.45) is 3.45. The van der Waals surface area contributed by atoms with E-state index in [-0.39, 0.29) is 6.04 Å². The summed E-state index contributed by atoms with van der Waals surface area (Å²) in [5.74, 6) is 0.955. The van der Waals surface area contributed by atoms with E-state index in [4.69, 9.17) is 11.6 Å². The first-order valence-electron chi connectivity index (χ1n) is 6.94. The van der Waals surface area contributed by atoms with Gasteiger partial charge in [0.1, 0.15) is 12.2 Å². The summed E-state index contributed by atoms with van der Waals surface area (Å²) in [6.45, 7) is 5.14. The minimum absolute atomic E-state index is 0.158. The molecule has 0 aliphatic carbocycles. The summed E-state index contributed by atoms with van der Waals surface area (Å²) in [6, 6.07) is 6.32. The number of aryl methyl sites for hydroxylation is 2. The number of hydrogen-bond donors (Lipinski definition) is 1. The molecule has 0 spiro atoms. The third kappa shape index (κ3) is 3.38. The number of aromatic nitrogens is 3. The fraction of sp³-hybridized carbons (Fsp3) is 0.467. The molecular weight excluding hydrogens is 272 g/mol. The van der Waals surface area contributed by atoms with Gasteiger partial charge in [0.15, 0.2) is 0 Å². The van der Waals surface area contributed by atoms with Gasteiger partial charge in [0.05, 0.1) is 0 Å². The highest BCUT2D eigenvalue weighted by Gasteiger charge is 2.17. The fourth-order valence-electron chi connectivity index (χ4n) is 2.24. The molecule has 0 bridgehead atoms. The van der Waals surface area contributed by atoms with E-state index >= 15 is 0 Å². The molecule has 1 atom stereocenters. The fourth-order valence-corrected chi connectivity index (χ4v) is 2.50. The van der Waals surface area contributed by atoms with Crippen molar-refractivity contribution in [3.8, 4) is 0 Å². The summed E-state index contributed by atoms with van der Waals surface area (Å²) < 4.78 is 1.81. The molecule has 1 heterocycles. The van der Waals surface area contributed by atoms with Crippen LogP contribution >= 0.6 is 11.6 Å². The smallest absolute Gasteiger partial charge is 0.138 e. The van der Waals surface area contributed by atoms with Crippen molar-refractivity contribution in [2.45, 2.75) is 32.7 Å². The Kier molecular flexibility index (Phi) is 5.15. The molecule has 0 radical (unpaired) electrons. The Balaban J connectivity index is 2.27. The van der Waals surface area contributed by atoms with Crippen LogP contribution in [-0.2, 0) is 13.5 Å². The van der Waals surface area contributed by atoms with Gasteiger partial charge in [-0.3, -0.25) is 4.68 Å². The van der Waals surface area contributed by atoms with Gasteiger partial charge in [0.2, 0.25) is 0 Å². The van der Waals surface area contributed by atoms with E-state index in [0.29, 0.717) is 0 Å². The van der Waals surface area contributed by atoms with Crippen LogP contribution in [0, 0.1) is 6.92 Å². The van der Waals surface area contributed by atoms with Crippen LogP contribution in [-0.4, -0.2) is 21.3 Å². The highest BCUT2D eigenvalue weighted by Crippen LogP contribution is 2.28. The van der Waals surface area contributed by atoms with Gasteiger partial charge in [-0.2, -0.15) is 5.10 Å². The number of benzene rings is 1. The second-order valence-electron chi connectivity index (χ2n) is 4.99. The van der Waals surface area contributed by atoms with Crippen LogP contribution in [0.5, 0.6) is 0 Å². The van der Waals surface area contributed by atoms with Crippen molar-refractivity contribution in [1.82, 2.24) is 20.1 Å². The SMILES string of the molecule is CCCNC(Cc1ncnn1C)c1cccc(C)c1Cl. The van der Waals surface area contributed by atoms with Crippen LogP contribution in [0.1, 0.15) is 36.3 Å². The highest BCUT2D eigenvalue weighted by atomic mass is 35.5. The second-order valence-corrected chi connectivity index (χ2v) is 5.37. The quantitative estimate of drug-likeness (QED) is 0.890. The lowest BCUT2D eigenvalue weighted by Gasteiger charge is -2.20. The van der Waals surface area contributed by atoms with E-state index in [1.807, 2.05) is 30.8 Å². The van der Waals surface area contributed by atoms with E-state index in [9.17, 15) is 0 Å². The predicted octanol–water partition coefficient (Wildman–Crippen LogP) is 3.06. The Morgan fingerprint density at radius 3 is 2.85 bits per heavy atom. The van der Waals surface area contributed by atoms with E-state index in [1.165, 1.54) is 0 Å². The minimum atomic E-state index is 0.158. The van der Waals surface area contributed by atoms with Crippen LogP contribution < -0.4 is 5.32 Å². The first-order valence-corrected chi connectivity index (χ1v) is 7.32. The molecule has 0 saturated heterocycles. The van der Waals surface area contributed by atoms with Gasteiger partial charge >= 0.3 is 0 Å². The summed E-state index contributed by atoms with van der Waals surface area (Å²) in [7, 11) is 1.91. The molecule has 1 aromatic heterocycles. The zero-order valence-electron chi connectivity index (χ0n) is 12.2. The highest BCUT2D eigenvalue weighted by molar-refractivity contribution is 6.32. The van der Waals surface area contributed by atoms with Gasteiger partial charge in [-0.05, 0) is 31.0 Å². The third-order valence-electron chi connectivity index (χ3n) is 3.43. The van der Waals surface area contributed by atoms with Gasteiger partial charge in [-0.15, -0.1) is 0 Å².